The van der Waals surface area contributed by atoms with E-state index >= 15 is 0 Å². The van der Waals surface area contributed by atoms with E-state index in [9.17, 15) is 4.79 Å². The van der Waals surface area contributed by atoms with Crippen LogP contribution >= 0.6 is 0 Å². The monoisotopic (exact) mass is 192 g/mol. The lowest BCUT2D eigenvalue weighted by molar-refractivity contribution is -0.115. The fraction of sp³-hybridized carbons (Fsp3) is 0.545. The quantitative estimate of drug-likeness (QED) is 0.426. The minimum absolute atomic E-state index is 0.242. The summed E-state index contributed by atoms with van der Waals surface area (Å²) in [5, 5.41) is 0. The van der Waals surface area contributed by atoms with E-state index in [1.807, 2.05) is 0 Å². The van der Waals surface area contributed by atoms with E-state index in [4.69, 9.17) is 0 Å². The van der Waals surface area contributed by atoms with Gasteiger partial charge < -0.3 is 0 Å². The van der Waals surface area contributed by atoms with Gasteiger partial charge in [0.05, 0.1) is 0 Å². The minimum Gasteiger partial charge on any atom is -0.295 e. The van der Waals surface area contributed by atoms with Gasteiger partial charge in [-0.25, -0.2) is 0 Å². The molecule has 0 saturated heterocycles. The Kier molecular flexibility index (Phi) is 3.10. The van der Waals surface area contributed by atoms with Crippen LogP contribution in [0.2, 0.25) is 19.6 Å². The Hall–Kier alpha value is -0.813. The van der Waals surface area contributed by atoms with Crippen molar-refractivity contribution in [3.63, 3.8) is 0 Å². The molecule has 0 fully saturated rings. The number of rotatable bonds is 0. The van der Waals surface area contributed by atoms with Crippen LogP contribution in [0, 0.1) is 11.5 Å². The van der Waals surface area contributed by atoms with Crippen molar-refractivity contribution in [3.05, 3.63) is 11.6 Å². The Morgan fingerprint density at radius 1 is 1.31 bits per heavy atom. The third-order valence-corrected chi connectivity index (χ3v) is 2.68. The highest BCUT2D eigenvalue weighted by Gasteiger charge is 2.10. The summed E-state index contributed by atoms with van der Waals surface area (Å²) < 4.78 is 0. The Morgan fingerprint density at radius 2 is 2.00 bits per heavy atom. The zero-order chi connectivity index (χ0) is 9.90. The second-order valence-corrected chi connectivity index (χ2v) is 9.24. The molecular weight excluding hydrogens is 176 g/mol. The van der Waals surface area contributed by atoms with Gasteiger partial charge >= 0.3 is 0 Å². The number of ketones is 1. The van der Waals surface area contributed by atoms with Crippen molar-refractivity contribution in [1.29, 1.82) is 0 Å². The van der Waals surface area contributed by atoms with Crippen LogP contribution in [-0.4, -0.2) is 13.9 Å². The number of allylic oxidation sites excluding steroid dienone is 2. The molecule has 2 heteroatoms. The van der Waals surface area contributed by atoms with E-state index in [1.165, 1.54) is 0 Å². The predicted octanol–water partition coefficient (Wildman–Crippen LogP) is 2.55. The van der Waals surface area contributed by atoms with Gasteiger partial charge in [-0.2, -0.15) is 0 Å². The van der Waals surface area contributed by atoms with Gasteiger partial charge in [0.25, 0.3) is 0 Å². The number of carbonyl (C=O) groups excluding carboxylic acids is 1. The molecule has 1 aliphatic carbocycles. The van der Waals surface area contributed by atoms with Crippen molar-refractivity contribution < 1.29 is 4.79 Å². The first-order valence-electron chi connectivity index (χ1n) is 4.74. The van der Waals surface area contributed by atoms with Crippen LogP contribution in [0.3, 0.4) is 0 Å². The largest absolute Gasteiger partial charge is 0.295 e. The lowest BCUT2D eigenvalue weighted by Gasteiger charge is -2.07. The predicted molar refractivity (Wildman–Crippen MR) is 58.1 cm³/mol. The molecule has 0 atom stereocenters. The van der Waals surface area contributed by atoms with Crippen LogP contribution in [0.15, 0.2) is 11.6 Å². The summed E-state index contributed by atoms with van der Waals surface area (Å²) in [5.74, 6) is 3.39. The van der Waals surface area contributed by atoms with E-state index in [0.717, 1.165) is 18.4 Å². The SMILES string of the molecule is C[Si](C)(C)C#CC1=CC(=O)CCC1. The summed E-state index contributed by atoms with van der Waals surface area (Å²) in [5.41, 5.74) is 4.32. The maximum Gasteiger partial charge on any atom is 0.156 e. The molecular formula is C11H16OSi. The van der Waals surface area contributed by atoms with E-state index in [1.54, 1.807) is 6.08 Å². The van der Waals surface area contributed by atoms with Gasteiger partial charge in [0.15, 0.2) is 5.78 Å². The lowest BCUT2D eigenvalue weighted by Crippen LogP contribution is -2.16. The van der Waals surface area contributed by atoms with Gasteiger partial charge in [0.1, 0.15) is 8.07 Å². The lowest BCUT2D eigenvalue weighted by atomic mass is 9.99. The summed E-state index contributed by atoms with van der Waals surface area (Å²) in [6.45, 7) is 6.64. The molecule has 0 aromatic heterocycles. The molecule has 0 unspecified atom stereocenters. The third kappa shape index (κ3) is 4.09. The maximum absolute atomic E-state index is 11.1. The molecule has 70 valence electrons. The number of hydrogen-bond acceptors (Lipinski definition) is 1. The molecule has 0 bridgehead atoms. The van der Waals surface area contributed by atoms with Crippen molar-refractivity contribution in [3.8, 4) is 11.5 Å². The normalized spacial score (nSPS) is 17.5. The average molecular weight is 192 g/mol. The fourth-order valence-electron chi connectivity index (χ4n) is 1.16. The third-order valence-electron chi connectivity index (χ3n) is 1.80. The topological polar surface area (TPSA) is 17.1 Å². The van der Waals surface area contributed by atoms with Crippen molar-refractivity contribution in [2.24, 2.45) is 0 Å². The zero-order valence-corrected chi connectivity index (χ0v) is 9.61. The molecule has 13 heavy (non-hydrogen) atoms. The number of carbonyl (C=O) groups is 1. The highest BCUT2D eigenvalue weighted by atomic mass is 28.3. The molecule has 1 rings (SSSR count). The standard InChI is InChI=1S/C11H16OSi/c1-13(2,3)8-7-10-5-4-6-11(12)9-10/h9H,4-6H2,1-3H3. The van der Waals surface area contributed by atoms with E-state index < -0.39 is 8.07 Å². The van der Waals surface area contributed by atoms with Gasteiger partial charge in [0, 0.05) is 12.0 Å². The summed E-state index contributed by atoms with van der Waals surface area (Å²) >= 11 is 0. The molecule has 0 aliphatic heterocycles. The fourth-order valence-corrected chi connectivity index (χ4v) is 1.69. The first-order chi connectivity index (χ1) is 5.97. The molecule has 0 amide bonds. The Labute approximate surface area is 81.2 Å². The Morgan fingerprint density at radius 3 is 2.54 bits per heavy atom. The van der Waals surface area contributed by atoms with Crippen LogP contribution in [0.1, 0.15) is 19.3 Å². The first-order valence-corrected chi connectivity index (χ1v) is 8.24. The average Bonchev–Trinajstić information content (AvgIpc) is 2.00. The van der Waals surface area contributed by atoms with Gasteiger partial charge in [-0.1, -0.05) is 25.6 Å². The Bertz CT molecular complexity index is 296. The van der Waals surface area contributed by atoms with Crippen LogP contribution in [0.4, 0.5) is 0 Å². The highest BCUT2D eigenvalue weighted by Crippen LogP contribution is 2.14. The molecule has 0 aromatic carbocycles. The van der Waals surface area contributed by atoms with E-state index in [0.29, 0.717) is 6.42 Å². The zero-order valence-electron chi connectivity index (χ0n) is 8.61. The first kappa shape index (κ1) is 10.3. The van der Waals surface area contributed by atoms with Crippen LogP contribution in [-0.2, 0) is 4.79 Å². The summed E-state index contributed by atoms with van der Waals surface area (Å²) in [7, 11) is -1.28. The summed E-state index contributed by atoms with van der Waals surface area (Å²) in [6.07, 6.45) is 4.39. The maximum atomic E-state index is 11.1. The van der Waals surface area contributed by atoms with Crippen LogP contribution in [0.5, 0.6) is 0 Å². The molecule has 0 aromatic rings. The molecule has 1 aliphatic rings. The second kappa shape index (κ2) is 3.93. The molecule has 0 saturated carbocycles. The van der Waals surface area contributed by atoms with Gasteiger partial charge in [-0.05, 0) is 18.9 Å². The van der Waals surface area contributed by atoms with Gasteiger partial charge in [-0.3, -0.25) is 4.79 Å². The van der Waals surface area contributed by atoms with Gasteiger partial charge in [0.2, 0.25) is 0 Å². The van der Waals surface area contributed by atoms with Crippen molar-refractivity contribution in [1.82, 2.24) is 0 Å². The Balaban J connectivity index is 2.72. The minimum atomic E-state index is -1.28. The van der Waals surface area contributed by atoms with Crippen molar-refractivity contribution >= 4 is 13.9 Å². The summed E-state index contributed by atoms with van der Waals surface area (Å²) in [4.78, 5) is 11.1. The number of hydrogen-bond donors (Lipinski definition) is 0. The van der Waals surface area contributed by atoms with E-state index in [-0.39, 0.29) is 5.78 Å². The van der Waals surface area contributed by atoms with Crippen molar-refractivity contribution in [2.45, 2.75) is 38.9 Å². The highest BCUT2D eigenvalue weighted by molar-refractivity contribution is 6.83. The van der Waals surface area contributed by atoms with E-state index in [2.05, 4.69) is 31.1 Å². The smallest absolute Gasteiger partial charge is 0.156 e. The van der Waals surface area contributed by atoms with Crippen LogP contribution in [0.25, 0.3) is 0 Å². The molecule has 0 heterocycles. The van der Waals surface area contributed by atoms with Gasteiger partial charge in [-0.15, -0.1) is 5.54 Å². The van der Waals surface area contributed by atoms with Crippen molar-refractivity contribution in [2.75, 3.05) is 0 Å². The molecule has 1 nitrogen and oxygen atoms in total. The summed E-state index contributed by atoms with van der Waals surface area (Å²) in [6, 6.07) is 0. The second-order valence-electron chi connectivity index (χ2n) is 4.49. The molecule has 0 radical (unpaired) electrons. The van der Waals surface area contributed by atoms with Crippen LogP contribution < -0.4 is 0 Å². The molecule has 0 N–H and O–H groups in total. The molecule has 0 spiro atoms.